The second-order valence-electron chi connectivity index (χ2n) is 6.58. The summed E-state index contributed by atoms with van der Waals surface area (Å²) in [7, 11) is 0. The summed E-state index contributed by atoms with van der Waals surface area (Å²) in [6, 6.07) is 20.2. The van der Waals surface area contributed by atoms with Crippen molar-refractivity contribution in [3.05, 3.63) is 83.9 Å². The van der Waals surface area contributed by atoms with Gasteiger partial charge in [-0.1, -0.05) is 24.3 Å². The standard InChI is InChI=1S/C23H16F3N3O4/c24-23(25,26)33-20-11-7-18(8-12-20)22(31)29-28-21(30)14-32-19-9-5-17(6-10-19)16-3-1-15(13-27)2-4-16/h1-12H,14H2,(H,28,30)(H,29,31). The van der Waals surface area contributed by atoms with Crippen molar-refractivity contribution >= 4 is 11.8 Å². The van der Waals surface area contributed by atoms with Gasteiger partial charge in [-0.25, -0.2) is 0 Å². The fourth-order valence-electron chi connectivity index (χ4n) is 2.67. The Morgan fingerprint density at radius 1 is 0.818 bits per heavy atom. The molecular weight excluding hydrogens is 439 g/mol. The van der Waals surface area contributed by atoms with Crippen LogP contribution in [0.1, 0.15) is 15.9 Å². The second kappa shape index (κ2) is 10.2. The molecule has 3 aromatic rings. The summed E-state index contributed by atoms with van der Waals surface area (Å²) in [5.41, 5.74) is 6.68. The highest BCUT2D eigenvalue weighted by Crippen LogP contribution is 2.23. The van der Waals surface area contributed by atoms with Gasteiger partial charge in [-0.2, -0.15) is 5.26 Å². The Morgan fingerprint density at radius 2 is 1.36 bits per heavy atom. The van der Waals surface area contributed by atoms with Crippen LogP contribution in [0.2, 0.25) is 0 Å². The van der Waals surface area contributed by atoms with Gasteiger partial charge in [0.25, 0.3) is 11.8 Å². The van der Waals surface area contributed by atoms with Gasteiger partial charge in [0.05, 0.1) is 11.6 Å². The van der Waals surface area contributed by atoms with E-state index < -0.39 is 23.9 Å². The minimum absolute atomic E-state index is 0.0177. The van der Waals surface area contributed by atoms with E-state index in [0.717, 1.165) is 35.4 Å². The van der Waals surface area contributed by atoms with E-state index in [1.54, 1.807) is 36.4 Å². The van der Waals surface area contributed by atoms with Gasteiger partial charge in [-0.15, -0.1) is 13.2 Å². The zero-order valence-corrected chi connectivity index (χ0v) is 16.8. The largest absolute Gasteiger partial charge is 0.573 e. The van der Waals surface area contributed by atoms with E-state index in [1.165, 1.54) is 0 Å². The molecule has 168 valence electrons. The van der Waals surface area contributed by atoms with Crippen molar-refractivity contribution in [2.24, 2.45) is 0 Å². The number of benzene rings is 3. The van der Waals surface area contributed by atoms with Gasteiger partial charge in [0, 0.05) is 5.56 Å². The molecule has 0 bridgehead atoms. The Kier molecular flexibility index (Phi) is 7.15. The lowest BCUT2D eigenvalue weighted by Crippen LogP contribution is -2.43. The number of carbonyl (C=O) groups is 2. The molecule has 3 aromatic carbocycles. The molecule has 7 nitrogen and oxygen atoms in total. The van der Waals surface area contributed by atoms with Crippen LogP contribution in [-0.2, 0) is 4.79 Å². The van der Waals surface area contributed by atoms with Gasteiger partial charge in [0.2, 0.25) is 0 Å². The highest BCUT2D eigenvalue weighted by atomic mass is 19.4. The number of nitriles is 1. The lowest BCUT2D eigenvalue weighted by molar-refractivity contribution is -0.274. The van der Waals surface area contributed by atoms with Gasteiger partial charge >= 0.3 is 6.36 Å². The quantitative estimate of drug-likeness (QED) is 0.548. The SMILES string of the molecule is N#Cc1ccc(-c2ccc(OCC(=O)NNC(=O)c3ccc(OC(F)(F)F)cc3)cc2)cc1. The van der Waals surface area contributed by atoms with E-state index in [1.807, 2.05) is 12.1 Å². The summed E-state index contributed by atoms with van der Waals surface area (Å²) in [5, 5.41) is 8.85. The third-order valence-electron chi connectivity index (χ3n) is 4.24. The first-order valence-corrected chi connectivity index (χ1v) is 9.42. The summed E-state index contributed by atoms with van der Waals surface area (Å²) in [4.78, 5) is 23.9. The van der Waals surface area contributed by atoms with Crippen molar-refractivity contribution < 1.29 is 32.2 Å². The summed E-state index contributed by atoms with van der Waals surface area (Å²) < 4.78 is 45.6. The van der Waals surface area contributed by atoms with Gasteiger partial charge in [-0.05, 0) is 59.7 Å². The van der Waals surface area contributed by atoms with E-state index in [9.17, 15) is 22.8 Å². The number of amides is 2. The molecule has 2 amide bonds. The fourth-order valence-corrected chi connectivity index (χ4v) is 2.67. The Morgan fingerprint density at radius 3 is 1.91 bits per heavy atom. The monoisotopic (exact) mass is 455 g/mol. The first-order chi connectivity index (χ1) is 15.7. The predicted molar refractivity (Wildman–Crippen MR) is 111 cm³/mol. The Hall–Kier alpha value is -4.52. The van der Waals surface area contributed by atoms with E-state index in [4.69, 9.17) is 10.00 Å². The van der Waals surface area contributed by atoms with Crippen LogP contribution in [0.25, 0.3) is 11.1 Å². The minimum atomic E-state index is -4.83. The molecule has 0 aliphatic rings. The van der Waals surface area contributed by atoms with Gasteiger partial charge < -0.3 is 9.47 Å². The van der Waals surface area contributed by atoms with Crippen LogP contribution in [0.4, 0.5) is 13.2 Å². The molecule has 0 aliphatic carbocycles. The maximum absolute atomic E-state index is 12.2. The molecule has 0 saturated carbocycles. The molecule has 0 radical (unpaired) electrons. The molecule has 10 heteroatoms. The number of rotatable bonds is 6. The molecule has 0 unspecified atom stereocenters. The van der Waals surface area contributed by atoms with E-state index in [2.05, 4.69) is 21.7 Å². The molecule has 0 aliphatic heterocycles. The number of ether oxygens (including phenoxy) is 2. The number of nitrogens with one attached hydrogen (secondary N) is 2. The van der Waals surface area contributed by atoms with Crippen molar-refractivity contribution in [1.29, 1.82) is 5.26 Å². The van der Waals surface area contributed by atoms with Crippen LogP contribution in [0.3, 0.4) is 0 Å². The molecule has 0 fully saturated rings. The first-order valence-electron chi connectivity index (χ1n) is 9.42. The number of halogens is 3. The van der Waals surface area contributed by atoms with E-state index >= 15 is 0 Å². The normalized spacial score (nSPS) is 10.6. The molecular formula is C23H16F3N3O4. The van der Waals surface area contributed by atoms with Crippen LogP contribution in [0.15, 0.2) is 72.8 Å². The highest BCUT2D eigenvalue weighted by Gasteiger charge is 2.31. The van der Waals surface area contributed by atoms with Crippen molar-refractivity contribution in [3.8, 4) is 28.7 Å². The number of alkyl halides is 3. The summed E-state index contributed by atoms with van der Waals surface area (Å²) in [6.07, 6.45) is -4.83. The van der Waals surface area contributed by atoms with Gasteiger partial charge in [-0.3, -0.25) is 20.4 Å². The highest BCUT2D eigenvalue weighted by molar-refractivity contribution is 5.95. The number of carbonyl (C=O) groups excluding carboxylic acids is 2. The molecule has 0 saturated heterocycles. The number of hydrogen-bond acceptors (Lipinski definition) is 5. The van der Waals surface area contributed by atoms with Crippen molar-refractivity contribution in [1.82, 2.24) is 10.9 Å². The Balaban J connectivity index is 1.45. The van der Waals surface area contributed by atoms with Crippen LogP contribution in [0.5, 0.6) is 11.5 Å². The molecule has 0 heterocycles. The van der Waals surface area contributed by atoms with Crippen molar-refractivity contribution in [2.45, 2.75) is 6.36 Å². The fraction of sp³-hybridized carbons (Fsp3) is 0.0870. The predicted octanol–water partition coefficient (Wildman–Crippen LogP) is 3.96. The number of nitrogens with zero attached hydrogens (tertiary/aromatic N) is 1. The van der Waals surface area contributed by atoms with Crippen molar-refractivity contribution in [2.75, 3.05) is 6.61 Å². The molecule has 3 rings (SSSR count). The number of hydrazine groups is 1. The summed E-state index contributed by atoms with van der Waals surface area (Å²) >= 11 is 0. The van der Waals surface area contributed by atoms with Crippen molar-refractivity contribution in [3.63, 3.8) is 0 Å². The topological polar surface area (TPSA) is 100 Å². The maximum Gasteiger partial charge on any atom is 0.573 e. The van der Waals surface area contributed by atoms with Crippen LogP contribution in [0, 0.1) is 11.3 Å². The average Bonchev–Trinajstić information content (AvgIpc) is 2.81. The van der Waals surface area contributed by atoms with E-state index in [0.29, 0.717) is 11.3 Å². The lowest BCUT2D eigenvalue weighted by atomic mass is 10.0. The molecule has 0 atom stereocenters. The van der Waals surface area contributed by atoms with Gasteiger partial charge in [0.1, 0.15) is 11.5 Å². The zero-order valence-electron chi connectivity index (χ0n) is 16.8. The lowest BCUT2D eigenvalue weighted by Gasteiger charge is -2.11. The Bertz CT molecular complexity index is 1150. The third-order valence-corrected chi connectivity index (χ3v) is 4.24. The molecule has 33 heavy (non-hydrogen) atoms. The minimum Gasteiger partial charge on any atom is -0.484 e. The van der Waals surface area contributed by atoms with E-state index in [-0.39, 0.29) is 12.2 Å². The molecule has 0 spiro atoms. The van der Waals surface area contributed by atoms with Crippen LogP contribution in [-0.4, -0.2) is 24.8 Å². The molecule has 2 N–H and O–H groups in total. The average molecular weight is 455 g/mol. The molecule has 0 aromatic heterocycles. The smallest absolute Gasteiger partial charge is 0.484 e. The first kappa shape index (κ1) is 23.1. The second-order valence-corrected chi connectivity index (χ2v) is 6.58. The van der Waals surface area contributed by atoms with Gasteiger partial charge in [0.15, 0.2) is 6.61 Å². The third kappa shape index (κ3) is 7.00. The van der Waals surface area contributed by atoms with Crippen LogP contribution >= 0.6 is 0 Å². The maximum atomic E-state index is 12.2. The Labute approximate surface area is 186 Å². The van der Waals surface area contributed by atoms with Crippen LogP contribution < -0.4 is 20.3 Å². The number of hydrogen-bond donors (Lipinski definition) is 2. The zero-order chi connectivity index (χ0) is 23.8. The summed E-state index contributed by atoms with van der Waals surface area (Å²) in [6.45, 7) is -0.380. The summed E-state index contributed by atoms with van der Waals surface area (Å²) in [5.74, 6) is -1.42.